The van der Waals surface area contributed by atoms with E-state index in [1.807, 2.05) is 73.7 Å². The van der Waals surface area contributed by atoms with Crippen molar-refractivity contribution < 1.29 is 4.79 Å². The second kappa shape index (κ2) is 8.44. The summed E-state index contributed by atoms with van der Waals surface area (Å²) < 4.78 is 0. The van der Waals surface area contributed by atoms with Crippen LogP contribution in [0.2, 0.25) is 0 Å². The quantitative estimate of drug-likeness (QED) is 0.399. The first-order chi connectivity index (χ1) is 14.2. The molecule has 0 unspecified atom stereocenters. The largest absolute Gasteiger partial charge is 0.272 e. The summed E-state index contributed by atoms with van der Waals surface area (Å²) in [5.41, 5.74) is 6.72. The number of amides is 1. The number of nitrogens with zero attached hydrogens (tertiary/aromatic N) is 3. The third kappa shape index (κ3) is 4.19. The molecule has 5 nitrogen and oxygen atoms in total. The van der Waals surface area contributed by atoms with Gasteiger partial charge in [0.15, 0.2) is 0 Å². The zero-order chi connectivity index (χ0) is 20.1. The Hall–Kier alpha value is -3.86. The summed E-state index contributed by atoms with van der Waals surface area (Å²) in [7, 11) is 0. The number of hydrogen-bond acceptors (Lipinski definition) is 4. The van der Waals surface area contributed by atoms with Gasteiger partial charge in [-0.1, -0.05) is 55.5 Å². The maximum atomic E-state index is 12.9. The summed E-state index contributed by atoms with van der Waals surface area (Å²) in [6, 6.07) is 23.2. The second-order valence-corrected chi connectivity index (χ2v) is 6.73. The number of aromatic nitrogens is 2. The van der Waals surface area contributed by atoms with Gasteiger partial charge in [0.05, 0.1) is 16.8 Å². The van der Waals surface area contributed by atoms with Crippen LogP contribution >= 0.6 is 0 Å². The van der Waals surface area contributed by atoms with Gasteiger partial charge in [-0.25, -0.2) is 10.4 Å². The first-order valence-corrected chi connectivity index (χ1v) is 9.41. The van der Waals surface area contributed by atoms with Crippen LogP contribution in [0.1, 0.15) is 28.8 Å². The number of carbonyl (C=O) groups is 1. The molecular formula is C24H20N4O. The van der Waals surface area contributed by atoms with Crippen LogP contribution in [-0.4, -0.2) is 22.1 Å². The summed E-state index contributed by atoms with van der Waals surface area (Å²) in [5, 5.41) is 4.96. The standard InChI is InChI=1S/C24H20N4O/c1-17(18-7-3-2-4-8-18)16-26-28-24(29)21-15-23(19-11-13-25-14-12-19)27-22-10-6-5-9-20(21)22/h2-17H,1H3,(H,28,29)/b26-16-/t17-/m0/s1. The molecular weight excluding hydrogens is 360 g/mol. The lowest BCUT2D eigenvalue weighted by molar-refractivity contribution is 0.0956. The van der Waals surface area contributed by atoms with E-state index in [9.17, 15) is 4.79 Å². The monoisotopic (exact) mass is 380 g/mol. The minimum absolute atomic E-state index is 0.0954. The van der Waals surface area contributed by atoms with Crippen molar-refractivity contribution in [2.75, 3.05) is 0 Å². The van der Waals surface area contributed by atoms with Gasteiger partial charge < -0.3 is 0 Å². The van der Waals surface area contributed by atoms with Crippen molar-refractivity contribution in [2.24, 2.45) is 5.10 Å². The Labute approximate surface area is 169 Å². The van der Waals surface area contributed by atoms with Gasteiger partial charge in [0.2, 0.25) is 0 Å². The summed E-state index contributed by atoms with van der Waals surface area (Å²) >= 11 is 0. The lowest BCUT2D eigenvalue weighted by Crippen LogP contribution is -2.19. The molecule has 0 aliphatic heterocycles. The normalized spacial score (nSPS) is 12.2. The van der Waals surface area contributed by atoms with Crippen molar-refractivity contribution in [2.45, 2.75) is 12.8 Å². The van der Waals surface area contributed by atoms with Crippen LogP contribution in [0.5, 0.6) is 0 Å². The van der Waals surface area contributed by atoms with Crippen molar-refractivity contribution >= 4 is 23.0 Å². The Morgan fingerprint density at radius 2 is 1.72 bits per heavy atom. The van der Waals surface area contributed by atoms with Crippen molar-refractivity contribution in [1.29, 1.82) is 0 Å². The van der Waals surface area contributed by atoms with Gasteiger partial charge in [0.1, 0.15) is 0 Å². The average molecular weight is 380 g/mol. The molecule has 1 N–H and O–H groups in total. The minimum Gasteiger partial charge on any atom is -0.267 e. The fourth-order valence-corrected chi connectivity index (χ4v) is 3.14. The summed E-state index contributed by atoms with van der Waals surface area (Å²) in [6.07, 6.45) is 5.16. The summed E-state index contributed by atoms with van der Waals surface area (Å²) in [4.78, 5) is 21.6. The number of para-hydroxylation sites is 1. The molecule has 142 valence electrons. The van der Waals surface area contributed by atoms with Crippen LogP contribution in [-0.2, 0) is 0 Å². The van der Waals surface area contributed by atoms with E-state index in [0.29, 0.717) is 5.56 Å². The highest BCUT2D eigenvalue weighted by atomic mass is 16.2. The predicted octanol–water partition coefficient (Wildman–Crippen LogP) is 4.82. The third-order valence-electron chi connectivity index (χ3n) is 4.73. The number of pyridine rings is 2. The third-order valence-corrected chi connectivity index (χ3v) is 4.73. The van der Waals surface area contributed by atoms with Gasteiger partial charge in [0.25, 0.3) is 5.91 Å². The molecule has 0 aliphatic rings. The molecule has 4 rings (SSSR count). The molecule has 0 saturated carbocycles. The van der Waals surface area contributed by atoms with E-state index < -0.39 is 0 Å². The molecule has 4 aromatic rings. The van der Waals surface area contributed by atoms with E-state index >= 15 is 0 Å². The van der Waals surface area contributed by atoms with E-state index in [4.69, 9.17) is 4.98 Å². The first-order valence-electron chi connectivity index (χ1n) is 9.41. The Morgan fingerprint density at radius 1 is 1.00 bits per heavy atom. The topological polar surface area (TPSA) is 67.2 Å². The fraction of sp³-hybridized carbons (Fsp3) is 0.0833. The minimum atomic E-state index is -0.268. The first kappa shape index (κ1) is 18.5. The van der Waals surface area contributed by atoms with E-state index in [1.165, 1.54) is 0 Å². The second-order valence-electron chi connectivity index (χ2n) is 6.73. The van der Waals surface area contributed by atoms with Crippen molar-refractivity contribution in [3.63, 3.8) is 0 Å². The van der Waals surface area contributed by atoms with Crippen LogP contribution in [0, 0.1) is 0 Å². The number of fused-ring (bicyclic) bond motifs is 1. The molecule has 2 heterocycles. The summed E-state index contributed by atoms with van der Waals surface area (Å²) in [5.74, 6) is -0.173. The zero-order valence-corrected chi connectivity index (χ0v) is 16.0. The summed E-state index contributed by atoms with van der Waals surface area (Å²) in [6.45, 7) is 2.04. The molecule has 2 aromatic carbocycles. The smallest absolute Gasteiger partial charge is 0.267 e. The highest BCUT2D eigenvalue weighted by Crippen LogP contribution is 2.24. The molecule has 1 atom stereocenters. The molecule has 0 fully saturated rings. The lowest BCUT2D eigenvalue weighted by atomic mass is 10.0. The molecule has 5 heteroatoms. The number of benzene rings is 2. The highest BCUT2D eigenvalue weighted by Gasteiger charge is 2.13. The molecule has 1 amide bonds. The molecule has 0 radical (unpaired) electrons. The molecule has 0 bridgehead atoms. The van der Waals surface area contributed by atoms with Crippen molar-refractivity contribution in [3.8, 4) is 11.3 Å². The van der Waals surface area contributed by atoms with E-state index in [1.54, 1.807) is 24.7 Å². The fourth-order valence-electron chi connectivity index (χ4n) is 3.14. The molecule has 0 saturated heterocycles. The van der Waals surface area contributed by atoms with Crippen LogP contribution in [0.3, 0.4) is 0 Å². The van der Waals surface area contributed by atoms with Gasteiger partial charge in [-0.15, -0.1) is 0 Å². The number of rotatable bonds is 5. The van der Waals surface area contributed by atoms with E-state index in [2.05, 4.69) is 15.5 Å². The number of carbonyl (C=O) groups excluding carboxylic acids is 1. The Morgan fingerprint density at radius 3 is 2.52 bits per heavy atom. The SMILES string of the molecule is C[C@@H](/C=N\NC(=O)c1cc(-c2ccncc2)nc2ccccc12)c1ccccc1. The number of hydrazone groups is 1. The molecule has 29 heavy (non-hydrogen) atoms. The number of nitrogens with one attached hydrogen (secondary N) is 1. The van der Waals surface area contributed by atoms with Crippen LogP contribution in [0.25, 0.3) is 22.2 Å². The van der Waals surface area contributed by atoms with Crippen LogP contribution < -0.4 is 5.43 Å². The molecule has 0 spiro atoms. The molecule has 0 aliphatic carbocycles. The highest BCUT2D eigenvalue weighted by molar-refractivity contribution is 6.07. The Bertz CT molecular complexity index is 1160. The maximum absolute atomic E-state index is 12.9. The van der Waals surface area contributed by atoms with Crippen LogP contribution in [0.4, 0.5) is 0 Å². The Kier molecular flexibility index (Phi) is 5.38. The van der Waals surface area contributed by atoms with Gasteiger partial charge in [-0.2, -0.15) is 5.10 Å². The van der Waals surface area contributed by atoms with E-state index in [-0.39, 0.29) is 11.8 Å². The van der Waals surface area contributed by atoms with Crippen molar-refractivity contribution in [3.05, 3.63) is 96.3 Å². The molecule has 2 aromatic heterocycles. The van der Waals surface area contributed by atoms with Gasteiger partial charge >= 0.3 is 0 Å². The van der Waals surface area contributed by atoms with E-state index in [0.717, 1.165) is 27.7 Å². The van der Waals surface area contributed by atoms with Gasteiger partial charge in [0, 0.05) is 35.5 Å². The van der Waals surface area contributed by atoms with Gasteiger partial charge in [-0.05, 0) is 29.8 Å². The van der Waals surface area contributed by atoms with Crippen molar-refractivity contribution in [1.82, 2.24) is 15.4 Å². The predicted molar refractivity (Wildman–Crippen MR) is 116 cm³/mol. The Balaban J connectivity index is 1.62. The zero-order valence-electron chi connectivity index (χ0n) is 16.0. The number of hydrogen-bond donors (Lipinski definition) is 1. The van der Waals surface area contributed by atoms with Gasteiger partial charge in [-0.3, -0.25) is 9.78 Å². The average Bonchev–Trinajstić information content (AvgIpc) is 2.79. The lowest BCUT2D eigenvalue weighted by Gasteiger charge is -2.09. The van der Waals surface area contributed by atoms with Crippen LogP contribution in [0.15, 0.2) is 90.3 Å². The maximum Gasteiger partial charge on any atom is 0.272 e.